The fourth-order valence-corrected chi connectivity index (χ4v) is 3.98. The minimum Gasteiger partial charge on any atom is -0.412 e. The van der Waals surface area contributed by atoms with E-state index in [1.54, 1.807) is 12.3 Å². The van der Waals surface area contributed by atoms with Gasteiger partial charge in [-0.05, 0) is 54.5 Å². The second kappa shape index (κ2) is 11.1. The molecule has 6 N–H and O–H groups in total. The zero-order valence-corrected chi connectivity index (χ0v) is 19.9. The van der Waals surface area contributed by atoms with E-state index in [4.69, 9.17) is 5.73 Å². The zero-order chi connectivity index (χ0) is 23.6. The van der Waals surface area contributed by atoms with Crippen LogP contribution in [0, 0.1) is 0 Å². The number of carbonyl (C=O) groups is 1. The molecule has 2 aliphatic rings. The van der Waals surface area contributed by atoms with Gasteiger partial charge in [0, 0.05) is 24.2 Å². The topological polar surface area (TPSA) is 137 Å². The number of hydrogen-bond donors (Lipinski definition) is 2. The van der Waals surface area contributed by atoms with E-state index in [1.165, 1.54) is 12.1 Å². The van der Waals surface area contributed by atoms with Gasteiger partial charge in [-0.15, -0.1) is 8.78 Å². The highest BCUT2D eigenvalue weighted by Gasteiger charge is 2.52. The molecule has 1 fully saturated rings. The highest BCUT2D eigenvalue weighted by atomic mass is 32.1. The lowest BCUT2D eigenvalue weighted by Crippen LogP contribution is -2.26. The standard InChI is InChI=1S/C24H20F2N2O3.CH4S.2H2O/c25-24(26)30-20-9-8-17(12-21(20)31-24)23(10-11-23)22(29)13-18-2-1-3-19(28-18)16-6-4-15(14-27)5-7-16;1-2;;/h1-9,12H,10-11,13-14,27H2;2H,1H3;2*1H2. The number of halogens is 2. The van der Waals surface area contributed by atoms with E-state index in [-0.39, 0.29) is 34.7 Å². The van der Waals surface area contributed by atoms with E-state index in [1.807, 2.05) is 42.5 Å². The van der Waals surface area contributed by atoms with Crippen LogP contribution in [0.5, 0.6) is 11.5 Å². The van der Waals surface area contributed by atoms with Crippen molar-refractivity contribution in [3.05, 3.63) is 77.5 Å². The zero-order valence-electron chi connectivity index (χ0n) is 19.1. The minimum atomic E-state index is -3.67. The number of nitrogens with zero attached hydrogens (tertiary/aromatic N) is 1. The summed E-state index contributed by atoms with van der Waals surface area (Å²) >= 11 is 3.53. The van der Waals surface area contributed by atoms with E-state index in [2.05, 4.69) is 27.1 Å². The molecule has 2 aromatic carbocycles. The van der Waals surface area contributed by atoms with E-state index in [9.17, 15) is 13.6 Å². The van der Waals surface area contributed by atoms with Crippen molar-refractivity contribution >= 4 is 18.4 Å². The van der Waals surface area contributed by atoms with Crippen molar-refractivity contribution in [2.75, 3.05) is 6.26 Å². The number of fused-ring (bicyclic) bond motifs is 1. The van der Waals surface area contributed by atoms with Crippen LogP contribution in [-0.2, 0) is 23.2 Å². The predicted molar refractivity (Wildman–Crippen MR) is 132 cm³/mol. The largest absolute Gasteiger partial charge is 0.586 e. The molecule has 0 atom stereocenters. The molecule has 10 heteroatoms. The molecule has 0 radical (unpaired) electrons. The Balaban J connectivity index is 0.00000105. The fourth-order valence-electron chi connectivity index (χ4n) is 3.98. The van der Waals surface area contributed by atoms with Crippen molar-refractivity contribution in [2.24, 2.45) is 5.73 Å². The number of Topliss-reactive ketones (excluding diaryl/α,β-unsaturated/α-hetero) is 1. The van der Waals surface area contributed by atoms with Crippen LogP contribution in [0.3, 0.4) is 0 Å². The Bertz CT molecular complexity index is 1170. The van der Waals surface area contributed by atoms with Gasteiger partial charge in [-0.1, -0.05) is 36.4 Å². The van der Waals surface area contributed by atoms with Gasteiger partial charge < -0.3 is 26.2 Å². The Hall–Kier alpha value is -3.05. The Labute approximate surface area is 207 Å². The Kier molecular flexibility index (Phi) is 8.96. The van der Waals surface area contributed by atoms with E-state index in [0.717, 1.165) is 16.8 Å². The number of ether oxygens (including phenoxy) is 2. The maximum Gasteiger partial charge on any atom is 0.586 e. The molecule has 1 aliphatic carbocycles. The van der Waals surface area contributed by atoms with Gasteiger partial charge in [0.05, 0.1) is 11.1 Å². The van der Waals surface area contributed by atoms with Gasteiger partial charge in [0.1, 0.15) is 5.78 Å². The Morgan fingerprint density at radius 3 is 2.29 bits per heavy atom. The molecule has 188 valence electrons. The van der Waals surface area contributed by atoms with Crippen LogP contribution in [0.2, 0.25) is 0 Å². The maximum atomic E-state index is 13.3. The van der Waals surface area contributed by atoms with Crippen LogP contribution in [0.25, 0.3) is 11.3 Å². The second-order valence-electron chi connectivity index (χ2n) is 7.93. The van der Waals surface area contributed by atoms with E-state index in [0.29, 0.717) is 30.6 Å². The number of carbonyl (C=O) groups excluding carboxylic acids is 1. The molecule has 1 saturated carbocycles. The summed E-state index contributed by atoms with van der Waals surface area (Å²) in [7, 11) is 0. The van der Waals surface area contributed by atoms with Gasteiger partial charge in [0.2, 0.25) is 0 Å². The third-order valence-electron chi connectivity index (χ3n) is 5.87. The van der Waals surface area contributed by atoms with Gasteiger partial charge in [0.25, 0.3) is 0 Å². The third-order valence-corrected chi connectivity index (χ3v) is 5.87. The number of nitrogens with two attached hydrogens (primary N) is 1. The van der Waals surface area contributed by atoms with Crippen molar-refractivity contribution in [1.82, 2.24) is 4.98 Å². The summed E-state index contributed by atoms with van der Waals surface area (Å²) < 4.78 is 35.6. The van der Waals surface area contributed by atoms with Crippen LogP contribution in [0.4, 0.5) is 8.78 Å². The number of alkyl halides is 2. The second-order valence-corrected chi connectivity index (χ2v) is 7.93. The van der Waals surface area contributed by atoms with E-state index >= 15 is 0 Å². The lowest BCUT2D eigenvalue weighted by atomic mass is 9.88. The monoisotopic (exact) mass is 506 g/mol. The van der Waals surface area contributed by atoms with Gasteiger partial charge in [-0.2, -0.15) is 12.6 Å². The molecular weight excluding hydrogens is 478 g/mol. The first-order valence-corrected chi connectivity index (χ1v) is 11.4. The predicted octanol–water partition coefficient (Wildman–Crippen LogP) is 3.27. The SMILES string of the molecule is CS.NCc1ccc(-c2cccc(CC(=O)C3(c4ccc5c(c4)OC(F)(F)O5)CC3)n2)cc1.O.O. The van der Waals surface area contributed by atoms with Crippen LogP contribution in [0.15, 0.2) is 60.7 Å². The summed E-state index contributed by atoms with van der Waals surface area (Å²) in [4.78, 5) is 17.8. The van der Waals surface area contributed by atoms with Crippen molar-refractivity contribution in [1.29, 1.82) is 0 Å². The average molecular weight is 507 g/mol. The number of thiol groups is 1. The third kappa shape index (κ3) is 5.79. The lowest BCUT2D eigenvalue weighted by molar-refractivity contribution is -0.286. The normalized spacial score (nSPS) is 15.6. The summed E-state index contributed by atoms with van der Waals surface area (Å²) in [5.41, 5.74) is 9.07. The molecule has 2 heterocycles. The van der Waals surface area contributed by atoms with E-state index < -0.39 is 11.7 Å². The summed E-state index contributed by atoms with van der Waals surface area (Å²) in [5.74, 6) is -0.0455. The summed E-state index contributed by atoms with van der Waals surface area (Å²) in [6, 6.07) is 18.0. The molecule has 0 amide bonds. The number of pyridine rings is 1. The summed E-state index contributed by atoms with van der Waals surface area (Å²) in [6.45, 7) is 0.474. The molecule has 0 spiro atoms. The van der Waals surface area contributed by atoms with Crippen LogP contribution >= 0.6 is 12.6 Å². The lowest BCUT2D eigenvalue weighted by Gasteiger charge is -2.15. The minimum absolute atomic E-state index is 0. The Morgan fingerprint density at radius 2 is 1.66 bits per heavy atom. The molecule has 1 aliphatic heterocycles. The molecule has 3 aromatic rings. The molecule has 1 aromatic heterocycles. The molecule has 7 nitrogen and oxygen atoms in total. The first-order valence-electron chi connectivity index (χ1n) is 10.5. The molecular formula is C25H28F2N2O5S. The van der Waals surface area contributed by atoms with Crippen molar-refractivity contribution < 1.29 is 34.0 Å². The van der Waals surface area contributed by atoms with Crippen LogP contribution in [0.1, 0.15) is 29.7 Å². The molecule has 35 heavy (non-hydrogen) atoms. The van der Waals surface area contributed by atoms with Gasteiger partial charge >= 0.3 is 6.29 Å². The summed E-state index contributed by atoms with van der Waals surface area (Å²) in [6.07, 6.45) is -0.474. The van der Waals surface area contributed by atoms with Gasteiger partial charge in [-0.25, -0.2) is 0 Å². The first-order chi connectivity index (χ1) is 15.9. The maximum absolute atomic E-state index is 13.3. The molecule has 0 unspecified atom stereocenters. The van der Waals surface area contributed by atoms with Crippen LogP contribution in [-0.4, -0.2) is 34.3 Å². The smallest absolute Gasteiger partial charge is 0.412 e. The van der Waals surface area contributed by atoms with Crippen molar-refractivity contribution in [3.63, 3.8) is 0 Å². The molecule has 0 bridgehead atoms. The van der Waals surface area contributed by atoms with Crippen molar-refractivity contribution in [2.45, 2.75) is 37.5 Å². The van der Waals surface area contributed by atoms with Gasteiger partial charge in [-0.3, -0.25) is 9.78 Å². The average Bonchev–Trinajstić information content (AvgIpc) is 3.58. The quantitative estimate of drug-likeness (QED) is 0.494. The Morgan fingerprint density at radius 1 is 1.00 bits per heavy atom. The number of benzene rings is 2. The van der Waals surface area contributed by atoms with Crippen molar-refractivity contribution in [3.8, 4) is 22.8 Å². The van der Waals surface area contributed by atoms with Crippen LogP contribution < -0.4 is 15.2 Å². The fraction of sp³-hybridized carbons (Fsp3) is 0.280. The highest BCUT2D eigenvalue weighted by Crippen LogP contribution is 2.52. The number of rotatable bonds is 6. The number of hydrogen-bond acceptors (Lipinski definition) is 6. The first kappa shape index (κ1) is 28.2. The van der Waals surface area contributed by atoms with Gasteiger partial charge in [0.15, 0.2) is 11.5 Å². The number of aromatic nitrogens is 1. The highest BCUT2D eigenvalue weighted by molar-refractivity contribution is 7.79. The summed E-state index contributed by atoms with van der Waals surface area (Å²) in [5, 5.41) is 0. The number of ketones is 1. The molecule has 0 saturated heterocycles. The molecule has 5 rings (SSSR count).